The third kappa shape index (κ3) is 8.76. The maximum Gasteiger partial charge on any atom is 0.408 e. The molecule has 0 aliphatic rings. The van der Waals surface area contributed by atoms with Crippen molar-refractivity contribution >= 4 is 18.0 Å². The van der Waals surface area contributed by atoms with E-state index in [1.807, 2.05) is 30.3 Å². The Morgan fingerprint density at radius 1 is 1.16 bits per heavy atom. The molecule has 0 unspecified atom stereocenters. The molecule has 1 aromatic heterocycles. The number of aliphatic carboxylic acids is 1. The zero-order valence-corrected chi connectivity index (χ0v) is 18.7. The maximum absolute atomic E-state index is 12.6. The van der Waals surface area contributed by atoms with Gasteiger partial charge in [0.05, 0.1) is 18.6 Å². The smallest absolute Gasteiger partial charge is 0.408 e. The molecule has 3 N–H and O–H groups in total. The molecule has 0 fully saturated rings. The van der Waals surface area contributed by atoms with E-state index in [0.29, 0.717) is 12.3 Å². The molecule has 0 aliphatic heterocycles. The van der Waals surface area contributed by atoms with Crippen molar-refractivity contribution in [2.75, 3.05) is 0 Å². The Balaban J connectivity index is 2.00. The number of rotatable bonds is 10. The molecule has 1 aromatic carbocycles. The minimum absolute atomic E-state index is 0.0447. The molecule has 0 saturated carbocycles. The first-order chi connectivity index (χ1) is 15.0. The van der Waals surface area contributed by atoms with Gasteiger partial charge in [-0.05, 0) is 33.3 Å². The second kappa shape index (κ2) is 11.3. The fraction of sp³-hybridized carbons (Fsp3) is 0.455. The zero-order valence-electron chi connectivity index (χ0n) is 18.7. The van der Waals surface area contributed by atoms with Gasteiger partial charge in [-0.25, -0.2) is 9.78 Å². The molecule has 2 atom stereocenters. The van der Waals surface area contributed by atoms with E-state index in [1.165, 1.54) is 6.92 Å². The van der Waals surface area contributed by atoms with Gasteiger partial charge in [0.1, 0.15) is 24.4 Å². The van der Waals surface area contributed by atoms with Gasteiger partial charge in [-0.2, -0.15) is 0 Å². The Labute approximate surface area is 186 Å². The number of amides is 2. The summed E-state index contributed by atoms with van der Waals surface area (Å²) in [5, 5.41) is 13.9. The minimum Gasteiger partial charge on any atom is -0.480 e. The lowest BCUT2D eigenvalue weighted by Crippen LogP contribution is -2.52. The van der Waals surface area contributed by atoms with Gasteiger partial charge in [-0.15, -0.1) is 0 Å². The summed E-state index contributed by atoms with van der Waals surface area (Å²) in [6, 6.07) is 7.53. The van der Waals surface area contributed by atoms with Crippen LogP contribution in [0.15, 0.2) is 42.9 Å². The maximum atomic E-state index is 12.6. The summed E-state index contributed by atoms with van der Waals surface area (Å²) < 4.78 is 12.6. The van der Waals surface area contributed by atoms with Crippen molar-refractivity contribution in [1.82, 2.24) is 20.2 Å². The van der Waals surface area contributed by atoms with Gasteiger partial charge >= 0.3 is 12.1 Å². The topological polar surface area (TPSA) is 132 Å². The Kier molecular flexibility index (Phi) is 8.77. The molecule has 0 radical (unpaired) electrons. The van der Waals surface area contributed by atoms with Gasteiger partial charge in [0.2, 0.25) is 5.91 Å². The van der Waals surface area contributed by atoms with Crippen LogP contribution in [0.2, 0.25) is 0 Å². The summed E-state index contributed by atoms with van der Waals surface area (Å²) in [6.07, 6.45) is 2.51. The monoisotopic (exact) mass is 446 g/mol. The van der Waals surface area contributed by atoms with Crippen LogP contribution < -0.4 is 10.6 Å². The van der Waals surface area contributed by atoms with E-state index in [-0.39, 0.29) is 13.2 Å². The largest absolute Gasteiger partial charge is 0.480 e. The number of imidazole rings is 1. The molecule has 1 heterocycles. The minimum atomic E-state index is -1.19. The number of alkyl carbamates (subject to hydrolysis) is 1. The number of carbonyl (C=O) groups is 3. The molecule has 10 nitrogen and oxygen atoms in total. The molecular formula is C22H30N4O6. The quantitative estimate of drug-likeness (QED) is 0.509. The molecule has 174 valence electrons. The van der Waals surface area contributed by atoms with E-state index < -0.39 is 35.7 Å². The van der Waals surface area contributed by atoms with Crippen molar-refractivity contribution in [2.24, 2.45) is 0 Å². The van der Waals surface area contributed by atoms with Crippen LogP contribution in [0, 0.1) is 0 Å². The summed E-state index contributed by atoms with van der Waals surface area (Å²) >= 11 is 0. The van der Waals surface area contributed by atoms with E-state index in [1.54, 1.807) is 37.9 Å². The number of carbonyl (C=O) groups excluding carboxylic acids is 2. The fourth-order valence-electron chi connectivity index (χ4n) is 2.67. The number of carboxylic acid groups (broad SMARTS) is 1. The molecule has 0 saturated heterocycles. The van der Waals surface area contributed by atoms with Crippen molar-refractivity contribution in [2.45, 2.75) is 65.1 Å². The molecule has 2 rings (SSSR count). The number of carboxylic acids is 1. The first-order valence-electron chi connectivity index (χ1n) is 10.2. The average Bonchev–Trinajstić information content (AvgIpc) is 3.14. The third-order valence-corrected chi connectivity index (χ3v) is 4.19. The summed E-state index contributed by atoms with van der Waals surface area (Å²) in [5.41, 5.74) is 0.808. The Bertz CT molecular complexity index is 907. The Morgan fingerprint density at radius 2 is 1.84 bits per heavy atom. The third-order valence-electron chi connectivity index (χ3n) is 4.19. The molecule has 32 heavy (non-hydrogen) atoms. The second-order valence-corrected chi connectivity index (χ2v) is 8.31. The SMILES string of the molecule is C[C@@H](NC(=O)[C@H](Cc1cn(COCc2ccccc2)cn1)NC(=O)OC(C)(C)C)C(=O)O. The highest BCUT2D eigenvalue weighted by Crippen LogP contribution is 2.09. The van der Waals surface area contributed by atoms with Crippen LogP contribution in [0.4, 0.5) is 4.79 Å². The number of aromatic nitrogens is 2. The summed E-state index contributed by atoms with van der Waals surface area (Å²) in [7, 11) is 0. The van der Waals surface area contributed by atoms with Crippen LogP contribution in [-0.4, -0.2) is 50.3 Å². The first kappa shape index (κ1) is 24.9. The summed E-state index contributed by atoms with van der Waals surface area (Å²) in [6.45, 7) is 7.13. The van der Waals surface area contributed by atoms with Gasteiger partial charge in [0, 0.05) is 12.6 Å². The lowest BCUT2D eigenvalue weighted by atomic mass is 10.1. The van der Waals surface area contributed by atoms with E-state index >= 15 is 0 Å². The van der Waals surface area contributed by atoms with E-state index in [0.717, 1.165) is 5.56 Å². The number of hydrogen-bond donors (Lipinski definition) is 3. The lowest BCUT2D eigenvalue weighted by molar-refractivity contribution is -0.141. The van der Waals surface area contributed by atoms with Crippen LogP contribution in [-0.2, 0) is 38.8 Å². The highest BCUT2D eigenvalue weighted by atomic mass is 16.6. The number of hydrogen-bond acceptors (Lipinski definition) is 6. The van der Waals surface area contributed by atoms with Crippen LogP contribution in [0.1, 0.15) is 39.0 Å². The normalized spacial score (nSPS) is 13.1. The predicted octanol–water partition coefficient (Wildman–Crippen LogP) is 2.08. The average molecular weight is 447 g/mol. The molecule has 0 aliphatic carbocycles. The number of nitrogens with zero attached hydrogens (tertiary/aromatic N) is 2. The molecule has 2 amide bonds. The van der Waals surface area contributed by atoms with Crippen molar-refractivity contribution in [1.29, 1.82) is 0 Å². The van der Waals surface area contributed by atoms with E-state index in [9.17, 15) is 14.4 Å². The summed E-state index contributed by atoms with van der Waals surface area (Å²) in [4.78, 5) is 40.1. The fourth-order valence-corrected chi connectivity index (χ4v) is 2.67. The van der Waals surface area contributed by atoms with Crippen molar-refractivity contribution < 1.29 is 29.0 Å². The number of nitrogens with one attached hydrogen (secondary N) is 2. The Hall–Kier alpha value is -3.40. The lowest BCUT2D eigenvalue weighted by Gasteiger charge is -2.23. The van der Waals surface area contributed by atoms with Crippen LogP contribution in [0.3, 0.4) is 0 Å². The highest BCUT2D eigenvalue weighted by molar-refractivity contribution is 5.89. The first-order valence-corrected chi connectivity index (χ1v) is 10.2. The number of benzene rings is 1. The summed E-state index contributed by atoms with van der Waals surface area (Å²) in [5.74, 6) is -1.84. The van der Waals surface area contributed by atoms with Gasteiger partial charge in [0.25, 0.3) is 0 Å². The molecule has 0 spiro atoms. The van der Waals surface area contributed by atoms with Gasteiger partial charge < -0.3 is 29.8 Å². The van der Waals surface area contributed by atoms with Crippen LogP contribution in [0.25, 0.3) is 0 Å². The van der Waals surface area contributed by atoms with Gasteiger partial charge in [0.15, 0.2) is 0 Å². The molecule has 2 aromatic rings. The Morgan fingerprint density at radius 3 is 2.47 bits per heavy atom. The highest BCUT2D eigenvalue weighted by Gasteiger charge is 2.27. The van der Waals surface area contributed by atoms with Crippen LogP contribution in [0.5, 0.6) is 0 Å². The molecule has 0 bridgehead atoms. The number of ether oxygens (including phenoxy) is 2. The second-order valence-electron chi connectivity index (χ2n) is 8.31. The van der Waals surface area contributed by atoms with Crippen LogP contribution >= 0.6 is 0 Å². The molecular weight excluding hydrogens is 416 g/mol. The van der Waals surface area contributed by atoms with E-state index in [2.05, 4.69) is 15.6 Å². The molecule has 10 heteroatoms. The van der Waals surface area contributed by atoms with Crippen molar-refractivity contribution in [3.63, 3.8) is 0 Å². The standard InChI is InChI=1S/C22H30N4O6/c1-15(20(28)29)24-19(27)18(25-21(30)32-22(2,3)4)10-17-11-26(13-23-17)14-31-12-16-8-6-5-7-9-16/h5-9,11,13,15,18H,10,12,14H2,1-4H3,(H,24,27)(H,25,30)(H,28,29)/t15-,18+/m1/s1. The van der Waals surface area contributed by atoms with Gasteiger partial charge in [-0.3, -0.25) is 9.59 Å². The predicted molar refractivity (Wildman–Crippen MR) is 116 cm³/mol. The van der Waals surface area contributed by atoms with Crippen molar-refractivity contribution in [3.05, 3.63) is 54.1 Å². The van der Waals surface area contributed by atoms with Gasteiger partial charge in [-0.1, -0.05) is 30.3 Å². The zero-order chi connectivity index (χ0) is 23.7. The van der Waals surface area contributed by atoms with Crippen molar-refractivity contribution in [3.8, 4) is 0 Å². The van der Waals surface area contributed by atoms with E-state index in [4.69, 9.17) is 14.6 Å².